The molecule has 0 aliphatic carbocycles. The van der Waals surface area contributed by atoms with Gasteiger partial charge in [0.1, 0.15) is 23.3 Å². The van der Waals surface area contributed by atoms with E-state index in [9.17, 15) is 17.6 Å². The summed E-state index contributed by atoms with van der Waals surface area (Å²) < 4.78 is 55.1. The summed E-state index contributed by atoms with van der Waals surface area (Å²) in [5.41, 5.74) is 1.83. The fourth-order valence-electron chi connectivity index (χ4n) is 2.61. The summed E-state index contributed by atoms with van der Waals surface area (Å²) in [5.74, 6) is -2.91. The van der Waals surface area contributed by atoms with Crippen LogP contribution in [0.15, 0.2) is 69.3 Å². The largest absolute Gasteiger partial charge is 0.207 e. The quantitative estimate of drug-likeness (QED) is 0.398. The van der Waals surface area contributed by atoms with E-state index in [-0.39, 0.29) is 0 Å². The second kappa shape index (κ2) is 6.92. The maximum absolute atomic E-state index is 13.8. The normalized spacial score (nSPS) is 11.2. The lowest BCUT2D eigenvalue weighted by Crippen LogP contribution is -2.09. The molecular formula is C20H15F4S+. The summed E-state index contributed by atoms with van der Waals surface area (Å²) in [6.07, 6.45) is 0. The predicted molar refractivity (Wildman–Crippen MR) is 90.8 cm³/mol. The average molecular weight is 363 g/mol. The van der Waals surface area contributed by atoms with Crippen molar-refractivity contribution in [1.82, 2.24) is 0 Å². The monoisotopic (exact) mass is 363 g/mol. The molecule has 0 aliphatic heterocycles. The third-order valence-electron chi connectivity index (χ3n) is 3.71. The topological polar surface area (TPSA) is 0 Å². The van der Waals surface area contributed by atoms with Gasteiger partial charge in [-0.1, -0.05) is 12.1 Å². The lowest BCUT2D eigenvalue weighted by atomic mass is 10.2. The molecule has 0 aromatic heterocycles. The number of benzene rings is 3. The highest BCUT2D eigenvalue weighted by atomic mass is 32.2. The summed E-state index contributed by atoms with van der Waals surface area (Å²) in [7, 11) is -1.04. The summed E-state index contributed by atoms with van der Waals surface area (Å²) in [4.78, 5) is 1.43. The summed E-state index contributed by atoms with van der Waals surface area (Å²) >= 11 is 0. The average Bonchev–Trinajstić information content (AvgIpc) is 2.49. The van der Waals surface area contributed by atoms with Gasteiger partial charge in [-0.25, -0.2) is 17.6 Å². The van der Waals surface area contributed by atoms with Crippen LogP contribution in [0.3, 0.4) is 0 Å². The van der Waals surface area contributed by atoms with Gasteiger partial charge in [-0.2, -0.15) is 0 Å². The summed E-state index contributed by atoms with van der Waals surface area (Å²) in [6, 6.07) is 12.1. The standard InChI is InChI=1S/C20H15F4S/c1-12-3-4-13(2)20(5-12)25(18-8-14(21)6-15(22)9-18)19-10-16(23)7-17(24)11-19/h3-11H,1-2H3/q+1. The third-order valence-corrected chi connectivity index (χ3v) is 6.00. The molecule has 0 bridgehead atoms. The van der Waals surface area contributed by atoms with Crippen molar-refractivity contribution in [2.45, 2.75) is 28.5 Å². The lowest BCUT2D eigenvalue weighted by molar-refractivity contribution is 0.576. The molecule has 3 aromatic rings. The van der Waals surface area contributed by atoms with Gasteiger partial charge < -0.3 is 0 Å². The zero-order valence-electron chi connectivity index (χ0n) is 13.6. The molecule has 0 radical (unpaired) electrons. The molecule has 3 aromatic carbocycles. The van der Waals surface area contributed by atoms with Crippen LogP contribution >= 0.6 is 0 Å². The van der Waals surface area contributed by atoms with Crippen LogP contribution in [0.5, 0.6) is 0 Å². The van der Waals surface area contributed by atoms with Crippen molar-refractivity contribution in [2.24, 2.45) is 0 Å². The first-order chi connectivity index (χ1) is 11.8. The van der Waals surface area contributed by atoms with Crippen LogP contribution < -0.4 is 0 Å². The van der Waals surface area contributed by atoms with Gasteiger partial charge in [0.05, 0.1) is 10.9 Å². The van der Waals surface area contributed by atoms with E-state index in [2.05, 4.69) is 0 Å². The van der Waals surface area contributed by atoms with Gasteiger partial charge >= 0.3 is 0 Å². The molecule has 0 fully saturated rings. The second-order valence-electron chi connectivity index (χ2n) is 5.79. The van der Waals surface area contributed by atoms with Gasteiger partial charge in [-0.05, 0) is 25.5 Å². The maximum atomic E-state index is 13.8. The van der Waals surface area contributed by atoms with Crippen LogP contribution in [0.1, 0.15) is 11.1 Å². The van der Waals surface area contributed by atoms with E-state index in [0.717, 1.165) is 28.2 Å². The first kappa shape index (κ1) is 17.5. The van der Waals surface area contributed by atoms with Crippen molar-refractivity contribution >= 4 is 10.9 Å². The molecule has 0 aliphatic rings. The van der Waals surface area contributed by atoms with E-state index < -0.39 is 34.2 Å². The van der Waals surface area contributed by atoms with Crippen molar-refractivity contribution in [3.05, 3.63) is 89.0 Å². The zero-order chi connectivity index (χ0) is 18.1. The number of hydrogen-bond donors (Lipinski definition) is 0. The minimum Gasteiger partial charge on any atom is -0.207 e. The van der Waals surface area contributed by atoms with E-state index >= 15 is 0 Å². The molecular weight excluding hydrogens is 348 g/mol. The minimum absolute atomic E-state index is 0.330. The molecule has 0 saturated carbocycles. The van der Waals surface area contributed by atoms with Crippen LogP contribution in [0.2, 0.25) is 0 Å². The van der Waals surface area contributed by atoms with E-state index in [1.165, 1.54) is 24.3 Å². The molecule has 0 spiro atoms. The molecule has 5 heteroatoms. The third kappa shape index (κ3) is 3.87. The van der Waals surface area contributed by atoms with Crippen LogP contribution in [0.4, 0.5) is 17.6 Å². The SMILES string of the molecule is Cc1ccc(C)c([S+](c2cc(F)cc(F)c2)c2cc(F)cc(F)c2)c1. The molecule has 0 atom stereocenters. The van der Waals surface area contributed by atoms with Gasteiger partial charge in [0.15, 0.2) is 14.7 Å². The van der Waals surface area contributed by atoms with Gasteiger partial charge in [-0.15, -0.1) is 0 Å². The fraction of sp³-hybridized carbons (Fsp3) is 0.100. The minimum atomic E-state index is -1.04. The Balaban J connectivity index is 2.29. The second-order valence-corrected chi connectivity index (χ2v) is 7.78. The molecule has 0 heterocycles. The Hall–Kier alpha value is -2.27. The highest BCUT2D eigenvalue weighted by Crippen LogP contribution is 2.35. The summed E-state index contributed by atoms with van der Waals surface area (Å²) in [6.45, 7) is 3.75. The highest BCUT2D eigenvalue weighted by Gasteiger charge is 2.32. The molecule has 0 saturated heterocycles. The Morgan fingerprint density at radius 3 is 1.48 bits per heavy atom. The number of halogens is 4. The molecule has 0 nitrogen and oxygen atoms in total. The van der Waals surface area contributed by atoms with E-state index in [0.29, 0.717) is 9.79 Å². The smallest absolute Gasteiger partial charge is 0.172 e. The van der Waals surface area contributed by atoms with E-state index in [1.54, 1.807) is 0 Å². The molecule has 25 heavy (non-hydrogen) atoms. The van der Waals surface area contributed by atoms with Crippen LogP contribution in [-0.2, 0) is 10.9 Å². The Morgan fingerprint density at radius 2 is 1.04 bits per heavy atom. The lowest BCUT2D eigenvalue weighted by Gasteiger charge is -2.11. The Kier molecular flexibility index (Phi) is 4.86. The molecule has 0 N–H and O–H groups in total. The fourth-order valence-corrected chi connectivity index (χ4v) is 5.01. The first-order valence-corrected chi connectivity index (χ1v) is 8.80. The number of hydrogen-bond acceptors (Lipinski definition) is 0. The maximum Gasteiger partial charge on any atom is 0.172 e. The predicted octanol–water partition coefficient (Wildman–Crippen LogP) is 5.96. The van der Waals surface area contributed by atoms with Crippen LogP contribution in [0.25, 0.3) is 0 Å². The van der Waals surface area contributed by atoms with Crippen molar-refractivity contribution < 1.29 is 17.6 Å². The van der Waals surface area contributed by atoms with Gasteiger partial charge in [0.2, 0.25) is 0 Å². The van der Waals surface area contributed by atoms with Gasteiger partial charge in [-0.3, -0.25) is 0 Å². The Bertz CT molecular complexity index is 845. The van der Waals surface area contributed by atoms with E-state index in [4.69, 9.17) is 0 Å². The van der Waals surface area contributed by atoms with Crippen LogP contribution in [-0.4, -0.2) is 0 Å². The van der Waals surface area contributed by atoms with Crippen molar-refractivity contribution in [2.75, 3.05) is 0 Å². The van der Waals surface area contributed by atoms with Crippen molar-refractivity contribution in [3.8, 4) is 0 Å². The van der Waals surface area contributed by atoms with Crippen LogP contribution in [0, 0.1) is 37.1 Å². The first-order valence-electron chi connectivity index (χ1n) is 7.57. The summed E-state index contributed by atoms with van der Waals surface area (Å²) in [5, 5.41) is 0. The van der Waals surface area contributed by atoms with Gasteiger partial charge in [0, 0.05) is 42.0 Å². The molecule has 0 unspecified atom stereocenters. The molecule has 0 amide bonds. The number of aryl methyl sites for hydroxylation is 2. The Labute approximate surface area is 146 Å². The van der Waals surface area contributed by atoms with Crippen molar-refractivity contribution in [3.63, 3.8) is 0 Å². The van der Waals surface area contributed by atoms with E-state index in [1.807, 2.05) is 32.0 Å². The zero-order valence-corrected chi connectivity index (χ0v) is 14.4. The number of rotatable bonds is 3. The highest BCUT2D eigenvalue weighted by molar-refractivity contribution is 7.97. The molecule has 128 valence electrons. The van der Waals surface area contributed by atoms with Gasteiger partial charge in [0.25, 0.3) is 0 Å². The molecule has 3 rings (SSSR count). The Morgan fingerprint density at radius 1 is 0.600 bits per heavy atom. The van der Waals surface area contributed by atoms with Crippen molar-refractivity contribution in [1.29, 1.82) is 0 Å².